The number of halogens is 5. The fourth-order valence-electron chi connectivity index (χ4n) is 0.495. The third kappa shape index (κ3) is 5.04. The molecule has 6 heteroatoms. The van der Waals surface area contributed by atoms with E-state index < -0.39 is 29.1 Å². The Morgan fingerprint density at radius 1 is 0.938 bits per heavy atom. The molecule has 0 amide bonds. The van der Waals surface area contributed by atoms with Gasteiger partial charge < -0.3 is 6.92 Å². The molecule has 1 aromatic carbocycles. The molecule has 0 radical (unpaired) electrons. The van der Waals surface area contributed by atoms with Crippen LogP contribution in [-0.4, -0.2) is 0 Å². The summed E-state index contributed by atoms with van der Waals surface area (Å²) in [7, 11) is 0. The van der Waals surface area contributed by atoms with E-state index in [1.54, 1.807) is 0 Å². The Bertz CT molecular complexity index is 299. The van der Waals surface area contributed by atoms with Gasteiger partial charge in [-0.05, 0) is 0 Å². The maximum atomic E-state index is 12.0. The molecule has 0 saturated carbocycles. The van der Waals surface area contributed by atoms with Gasteiger partial charge in [-0.25, -0.2) is 13.2 Å². The number of hydrogen-bond donors (Lipinski definition) is 0. The van der Waals surface area contributed by atoms with Crippen molar-refractivity contribution in [3.05, 3.63) is 42.1 Å². The van der Waals surface area contributed by atoms with E-state index in [1.165, 1.54) is 6.42 Å². The first-order valence-corrected chi connectivity index (χ1v) is 4.15. The smallest absolute Gasteiger partial charge is 0.343 e. The average Bonchev–Trinajstić information content (AvgIpc) is 2.24. The van der Waals surface area contributed by atoms with Gasteiger partial charge in [0.05, 0.1) is 29.1 Å². The second kappa shape index (κ2) is 8.66. The standard InChI is InChI=1S/C6F5.C4H9.Pd/c7-2-1-3(8)5(10)6(11)4(2)9;1-3-4-2;/h;1,3-4H2,2H3;/q2*-1;+2. The average molecular weight is 331 g/mol. The molecule has 0 aromatic heterocycles. The van der Waals surface area contributed by atoms with Crippen molar-refractivity contribution in [3.63, 3.8) is 0 Å². The van der Waals surface area contributed by atoms with Gasteiger partial charge >= 0.3 is 20.4 Å². The Hall–Kier alpha value is -0.468. The normalized spacial score (nSPS) is 8.94. The third-order valence-electron chi connectivity index (χ3n) is 1.34. The van der Waals surface area contributed by atoms with Crippen LogP contribution < -0.4 is 0 Å². The summed E-state index contributed by atoms with van der Waals surface area (Å²) in [4.78, 5) is 0. The maximum Gasteiger partial charge on any atom is 2.00 e. The Morgan fingerprint density at radius 2 is 1.25 bits per heavy atom. The molecule has 94 valence electrons. The summed E-state index contributed by atoms with van der Waals surface area (Å²) >= 11 is 0. The Labute approximate surface area is 105 Å². The molecule has 0 aliphatic rings. The van der Waals surface area contributed by atoms with Crippen molar-refractivity contribution in [1.82, 2.24) is 0 Å². The molecule has 0 spiro atoms. The molecule has 0 N–H and O–H groups in total. The zero-order valence-corrected chi connectivity index (χ0v) is 9.88. The predicted molar refractivity (Wildman–Crippen MR) is 45.3 cm³/mol. The van der Waals surface area contributed by atoms with Gasteiger partial charge in [0.25, 0.3) is 0 Å². The molecular weight excluding hydrogens is 322 g/mol. The summed E-state index contributed by atoms with van der Waals surface area (Å²) in [5, 5.41) is 0. The van der Waals surface area contributed by atoms with Crippen molar-refractivity contribution in [3.8, 4) is 0 Å². The van der Waals surface area contributed by atoms with Gasteiger partial charge in [-0.15, -0.1) is 6.07 Å². The molecule has 16 heavy (non-hydrogen) atoms. The second-order valence-corrected chi connectivity index (χ2v) is 2.55. The minimum absolute atomic E-state index is 0. The summed E-state index contributed by atoms with van der Waals surface area (Å²) < 4.78 is 59.9. The van der Waals surface area contributed by atoms with Crippen LogP contribution in [0.3, 0.4) is 0 Å². The number of benzene rings is 1. The van der Waals surface area contributed by atoms with Crippen LogP contribution in [-0.2, 0) is 20.4 Å². The summed E-state index contributed by atoms with van der Waals surface area (Å²) in [6, 6.07) is 1.02. The SMILES string of the molecule is Fc1[c-]c(F)c(F)c(F)c1F.[CH2-]CCC.[Pd+2]. The van der Waals surface area contributed by atoms with E-state index in [0.29, 0.717) is 0 Å². The zero-order valence-electron chi connectivity index (χ0n) is 8.33. The second-order valence-electron chi connectivity index (χ2n) is 2.55. The van der Waals surface area contributed by atoms with Crippen LogP contribution in [0, 0.1) is 42.1 Å². The largest absolute Gasteiger partial charge is 2.00 e. The van der Waals surface area contributed by atoms with E-state index in [9.17, 15) is 22.0 Å². The minimum atomic E-state index is -2.17. The summed E-state index contributed by atoms with van der Waals surface area (Å²) in [5.41, 5.74) is 0. The zero-order chi connectivity index (χ0) is 12.0. The van der Waals surface area contributed by atoms with Crippen molar-refractivity contribution < 1.29 is 42.4 Å². The maximum absolute atomic E-state index is 12.0. The summed E-state index contributed by atoms with van der Waals surface area (Å²) in [6.07, 6.45) is 2.28. The first-order chi connectivity index (χ1) is 6.95. The predicted octanol–water partition coefficient (Wildman–Crippen LogP) is 3.80. The topological polar surface area (TPSA) is 0 Å². The third-order valence-corrected chi connectivity index (χ3v) is 1.34. The first-order valence-electron chi connectivity index (χ1n) is 4.15. The van der Waals surface area contributed by atoms with Gasteiger partial charge in [-0.2, -0.15) is 6.42 Å². The van der Waals surface area contributed by atoms with E-state index in [1.807, 2.05) is 0 Å². The van der Waals surface area contributed by atoms with Crippen LogP contribution in [0.15, 0.2) is 0 Å². The van der Waals surface area contributed by atoms with Crippen LogP contribution in [0.4, 0.5) is 22.0 Å². The quantitative estimate of drug-likeness (QED) is 0.242. The van der Waals surface area contributed by atoms with Gasteiger partial charge in [-0.1, -0.05) is 13.3 Å². The molecule has 0 atom stereocenters. The van der Waals surface area contributed by atoms with Crippen molar-refractivity contribution in [1.29, 1.82) is 0 Å². The number of hydrogen-bond acceptors (Lipinski definition) is 0. The molecule has 1 rings (SSSR count). The number of rotatable bonds is 1. The Kier molecular flexibility index (Phi) is 9.69. The minimum Gasteiger partial charge on any atom is -0.343 e. The van der Waals surface area contributed by atoms with Gasteiger partial charge in [0.2, 0.25) is 0 Å². The number of unbranched alkanes of at least 4 members (excludes halogenated alkanes) is 1. The fraction of sp³-hybridized carbons (Fsp3) is 0.300. The van der Waals surface area contributed by atoms with Gasteiger partial charge in [0.15, 0.2) is 0 Å². The van der Waals surface area contributed by atoms with E-state index in [4.69, 9.17) is 0 Å². The van der Waals surface area contributed by atoms with E-state index in [-0.39, 0.29) is 20.4 Å². The Morgan fingerprint density at radius 3 is 1.50 bits per heavy atom. The molecule has 0 aliphatic heterocycles. The fourth-order valence-corrected chi connectivity index (χ4v) is 0.495. The van der Waals surface area contributed by atoms with Crippen molar-refractivity contribution in [2.45, 2.75) is 19.8 Å². The van der Waals surface area contributed by atoms with Gasteiger partial charge in [-0.3, -0.25) is 8.78 Å². The van der Waals surface area contributed by atoms with Gasteiger partial charge in [0.1, 0.15) is 0 Å². The van der Waals surface area contributed by atoms with Crippen molar-refractivity contribution >= 4 is 0 Å². The van der Waals surface area contributed by atoms with Crippen LogP contribution in [0.1, 0.15) is 19.8 Å². The van der Waals surface area contributed by atoms with Crippen LogP contribution in [0.2, 0.25) is 0 Å². The molecule has 0 saturated heterocycles. The van der Waals surface area contributed by atoms with E-state index in [2.05, 4.69) is 13.8 Å². The van der Waals surface area contributed by atoms with Gasteiger partial charge in [0, 0.05) is 0 Å². The molecule has 0 fully saturated rings. The molecule has 1 aromatic rings. The van der Waals surface area contributed by atoms with Crippen molar-refractivity contribution in [2.75, 3.05) is 0 Å². The monoisotopic (exact) mass is 330 g/mol. The first kappa shape index (κ1) is 17.9. The molecule has 0 heterocycles. The molecule has 0 nitrogen and oxygen atoms in total. The van der Waals surface area contributed by atoms with Crippen LogP contribution >= 0.6 is 0 Å². The summed E-state index contributed by atoms with van der Waals surface area (Å²) in [6.45, 7) is 5.72. The summed E-state index contributed by atoms with van der Waals surface area (Å²) in [5.74, 6) is -10.0. The molecule has 0 unspecified atom stereocenters. The molecule has 0 bridgehead atoms. The van der Waals surface area contributed by atoms with Crippen LogP contribution in [0.5, 0.6) is 0 Å². The molecule has 0 aliphatic carbocycles. The van der Waals surface area contributed by atoms with Crippen LogP contribution in [0.25, 0.3) is 0 Å². The Balaban J connectivity index is 0. The van der Waals surface area contributed by atoms with Crippen molar-refractivity contribution in [2.24, 2.45) is 0 Å². The van der Waals surface area contributed by atoms with E-state index >= 15 is 0 Å². The molecular formula is C10H9F5Pd. The van der Waals surface area contributed by atoms with E-state index in [0.717, 1.165) is 12.5 Å².